The van der Waals surface area contributed by atoms with E-state index in [-0.39, 0.29) is 50.9 Å². The molecular formula is C22H28Cl3N3O3S. The zero-order valence-corrected chi connectivity index (χ0v) is 21.3. The number of sulfonamides is 1. The van der Waals surface area contributed by atoms with E-state index in [9.17, 15) is 13.2 Å². The van der Waals surface area contributed by atoms with Gasteiger partial charge in [-0.1, -0.05) is 41.4 Å². The van der Waals surface area contributed by atoms with E-state index in [2.05, 4.69) is 22.0 Å². The van der Waals surface area contributed by atoms with Crippen LogP contribution in [0.2, 0.25) is 10.0 Å². The minimum absolute atomic E-state index is 0. The van der Waals surface area contributed by atoms with Crippen molar-refractivity contribution in [1.82, 2.24) is 9.62 Å². The van der Waals surface area contributed by atoms with Gasteiger partial charge < -0.3 is 10.2 Å². The van der Waals surface area contributed by atoms with E-state index in [0.717, 1.165) is 31.5 Å². The molecule has 0 radical (unpaired) electrons. The number of nitrogens with one attached hydrogen (secondary N) is 2. The number of hydrogen-bond donors (Lipinski definition) is 2. The number of anilines is 1. The largest absolute Gasteiger partial charge is 0.321 e. The summed E-state index contributed by atoms with van der Waals surface area (Å²) in [6, 6.07) is 9.56. The molecule has 176 valence electrons. The van der Waals surface area contributed by atoms with Crippen molar-refractivity contribution >= 4 is 57.2 Å². The number of nitrogens with zero attached hydrogens (tertiary/aromatic N) is 1. The van der Waals surface area contributed by atoms with Crippen LogP contribution >= 0.6 is 35.6 Å². The smallest absolute Gasteiger partial charge is 0.255 e. The third-order valence-electron chi connectivity index (χ3n) is 5.76. The quantitative estimate of drug-likeness (QED) is 0.563. The van der Waals surface area contributed by atoms with E-state index in [1.165, 1.54) is 12.1 Å². The lowest BCUT2D eigenvalue weighted by molar-refractivity contribution is 0.102. The van der Waals surface area contributed by atoms with Crippen LogP contribution in [0.4, 0.5) is 5.69 Å². The molecule has 1 saturated heterocycles. The van der Waals surface area contributed by atoms with Crippen molar-refractivity contribution in [3.63, 3.8) is 0 Å². The van der Waals surface area contributed by atoms with Gasteiger partial charge in [0, 0.05) is 11.6 Å². The van der Waals surface area contributed by atoms with Gasteiger partial charge in [0.25, 0.3) is 5.91 Å². The highest BCUT2D eigenvalue weighted by molar-refractivity contribution is 7.89. The Bertz CT molecular complexity index is 1070. The predicted molar refractivity (Wildman–Crippen MR) is 133 cm³/mol. The second-order valence-corrected chi connectivity index (χ2v) is 10.6. The van der Waals surface area contributed by atoms with Crippen molar-refractivity contribution in [3.8, 4) is 0 Å². The van der Waals surface area contributed by atoms with Crippen LogP contribution in [0.1, 0.15) is 35.7 Å². The molecule has 0 bridgehead atoms. The van der Waals surface area contributed by atoms with Crippen LogP contribution in [0, 0.1) is 12.8 Å². The molecule has 3 rings (SSSR count). The van der Waals surface area contributed by atoms with Crippen molar-refractivity contribution in [2.24, 2.45) is 5.92 Å². The second kappa shape index (κ2) is 11.2. The second-order valence-electron chi connectivity index (χ2n) is 8.08. The molecule has 0 spiro atoms. The SMILES string of the molecule is Cc1ccccc1C(=O)Nc1cc(Cl)c(S(=O)(=O)NC(C)C2CCN(C)CC2)cc1Cl.Cl. The maximum atomic E-state index is 13.0. The summed E-state index contributed by atoms with van der Waals surface area (Å²) in [5.41, 5.74) is 1.57. The fourth-order valence-electron chi connectivity index (χ4n) is 3.78. The first-order valence-corrected chi connectivity index (χ1v) is 12.4. The Kier molecular flexibility index (Phi) is 9.40. The van der Waals surface area contributed by atoms with E-state index in [1.54, 1.807) is 12.1 Å². The number of halogens is 3. The molecule has 0 aromatic heterocycles. The molecule has 1 aliphatic rings. The highest BCUT2D eigenvalue weighted by Gasteiger charge is 2.28. The molecule has 2 aromatic carbocycles. The molecular weight excluding hydrogens is 493 g/mol. The molecule has 2 N–H and O–H groups in total. The summed E-state index contributed by atoms with van der Waals surface area (Å²) < 4.78 is 28.7. The fraction of sp³-hybridized carbons (Fsp3) is 0.409. The van der Waals surface area contributed by atoms with E-state index in [4.69, 9.17) is 23.2 Å². The Hall–Kier alpha value is -1.35. The van der Waals surface area contributed by atoms with Gasteiger partial charge in [0.2, 0.25) is 10.0 Å². The van der Waals surface area contributed by atoms with Crippen LogP contribution in [-0.4, -0.2) is 45.4 Å². The highest BCUT2D eigenvalue weighted by Crippen LogP contribution is 2.33. The third kappa shape index (κ3) is 6.37. The van der Waals surface area contributed by atoms with Gasteiger partial charge in [0.1, 0.15) is 4.90 Å². The molecule has 0 aliphatic carbocycles. The Morgan fingerprint density at radius 1 is 1.12 bits per heavy atom. The van der Waals surface area contributed by atoms with Crippen LogP contribution in [0.25, 0.3) is 0 Å². The average Bonchev–Trinajstić information content (AvgIpc) is 2.70. The first-order valence-electron chi connectivity index (χ1n) is 10.2. The molecule has 0 saturated carbocycles. The van der Waals surface area contributed by atoms with Gasteiger partial charge in [-0.15, -0.1) is 12.4 Å². The molecule has 1 amide bonds. The lowest BCUT2D eigenvalue weighted by Crippen LogP contribution is -2.43. The highest BCUT2D eigenvalue weighted by atomic mass is 35.5. The van der Waals surface area contributed by atoms with Crippen LogP contribution in [0.15, 0.2) is 41.3 Å². The number of rotatable bonds is 6. The number of likely N-dealkylation sites (tertiary alicyclic amines) is 1. The zero-order valence-electron chi connectivity index (χ0n) is 18.2. The number of carbonyl (C=O) groups is 1. The van der Waals surface area contributed by atoms with Crippen LogP contribution in [-0.2, 0) is 10.0 Å². The predicted octanol–water partition coefficient (Wildman–Crippen LogP) is 4.98. The van der Waals surface area contributed by atoms with E-state index < -0.39 is 10.0 Å². The topological polar surface area (TPSA) is 78.5 Å². The summed E-state index contributed by atoms with van der Waals surface area (Å²) in [7, 11) is -1.81. The van der Waals surface area contributed by atoms with Gasteiger partial charge in [-0.3, -0.25) is 4.79 Å². The summed E-state index contributed by atoms with van der Waals surface area (Å²) in [6.45, 7) is 5.59. The summed E-state index contributed by atoms with van der Waals surface area (Å²) >= 11 is 12.6. The number of amides is 1. The summed E-state index contributed by atoms with van der Waals surface area (Å²) in [5.74, 6) is -0.0893. The minimum Gasteiger partial charge on any atom is -0.321 e. The van der Waals surface area contributed by atoms with E-state index in [1.807, 2.05) is 26.0 Å². The molecule has 2 aromatic rings. The molecule has 1 atom stereocenters. The standard InChI is InChI=1S/C22H27Cl2N3O3S.ClH/c1-14-6-4-5-7-17(14)22(28)25-20-12-19(24)21(13-18(20)23)31(29,30)26-15(2)16-8-10-27(3)11-9-16;/h4-7,12-13,15-16,26H,8-11H2,1-3H3,(H,25,28);1H. The number of carbonyl (C=O) groups excluding carboxylic acids is 1. The molecule has 6 nitrogen and oxygen atoms in total. The first-order chi connectivity index (χ1) is 14.6. The Balaban J connectivity index is 0.00000363. The molecule has 1 unspecified atom stereocenters. The summed E-state index contributed by atoms with van der Waals surface area (Å²) in [5, 5.41) is 2.80. The van der Waals surface area contributed by atoms with Crippen LogP contribution in [0.5, 0.6) is 0 Å². The van der Waals surface area contributed by atoms with Crippen LogP contribution < -0.4 is 10.0 Å². The maximum absolute atomic E-state index is 13.0. The zero-order chi connectivity index (χ0) is 22.8. The third-order valence-corrected chi connectivity index (χ3v) is 8.10. The van der Waals surface area contributed by atoms with E-state index in [0.29, 0.717) is 5.56 Å². The van der Waals surface area contributed by atoms with Crippen molar-refractivity contribution < 1.29 is 13.2 Å². The van der Waals surface area contributed by atoms with Gasteiger partial charge in [0.05, 0.1) is 15.7 Å². The van der Waals surface area contributed by atoms with Crippen molar-refractivity contribution in [3.05, 3.63) is 57.6 Å². The number of benzene rings is 2. The van der Waals surface area contributed by atoms with Gasteiger partial charge in [-0.2, -0.15) is 0 Å². The van der Waals surface area contributed by atoms with Gasteiger partial charge in [0.15, 0.2) is 0 Å². The Morgan fingerprint density at radius 3 is 2.38 bits per heavy atom. The normalized spacial score (nSPS) is 16.3. The van der Waals surface area contributed by atoms with Crippen molar-refractivity contribution in [2.45, 2.75) is 37.6 Å². The lowest BCUT2D eigenvalue weighted by atomic mass is 9.91. The van der Waals surface area contributed by atoms with Gasteiger partial charge in [-0.25, -0.2) is 13.1 Å². The Morgan fingerprint density at radius 2 is 1.75 bits per heavy atom. The number of hydrogen-bond acceptors (Lipinski definition) is 4. The fourth-order valence-corrected chi connectivity index (χ4v) is 5.92. The van der Waals surface area contributed by atoms with Crippen LogP contribution in [0.3, 0.4) is 0 Å². The molecule has 1 fully saturated rings. The van der Waals surface area contributed by atoms with Gasteiger partial charge >= 0.3 is 0 Å². The summed E-state index contributed by atoms with van der Waals surface area (Å²) in [4.78, 5) is 14.7. The Labute approximate surface area is 206 Å². The minimum atomic E-state index is -3.87. The van der Waals surface area contributed by atoms with E-state index >= 15 is 0 Å². The van der Waals surface area contributed by atoms with Gasteiger partial charge in [-0.05, 0) is 76.5 Å². The number of aryl methyl sites for hydroxylation is 1. The first kappa shape index (κ1) is 26.9. The number of piperidine rings is 1. The molecule has 10 heteroatoms. The summed E-state index contributed by atoms with van der Waals surface area (Å²) in [6.07, 6.45) is 1.86. The molecule has 32 heavy (non-hydrogen) atoms. The average molecular weight is 521 g/mol. The maximum Gasteiger partial charge on any atom is 0.255 e. The monoisotopic (exact) mass is 519 g/mol. The molecule has 1 heterocycles. The van der Waals surface area contributed by atoms with Crippen molar-refractivity contribution in [2.75, 3.05) is 25.5 Å². The lowest BCUT2D eigenvalue weighted by Gasteiger charge is -2.33. The molecule has 1 aliphatic heterocycles. The van der Waals surface area contributed by atoms with Crippen molar-refractivity contribution in [1.29, 1.82) is 0 Å².